The third-order valence-electron chi connectivity index (χ3n) is 7.85. The number of carbonyl (C=O) groups excluding carboxylic acids is 1. The van der Waals surface area contributed by atoms with Gasteiger partial charge in [0.25, 0.3) is 0 Å². The number of nitrogens with zero attached hydrogens (tertiary/aromatic N) is 5. The van der Waals surface area contributed by atoms with Crippen molar-refractivity contribution in [3.8, 4) is 0 Å². The fraction of sp³-hybridized carbons (Fsp3) is 0.469. The molecule has 2 bridgehead atoms. The zero-order valence-electron chi connectivity index (χ0n) is 25.4. The van der Waals surface area contributed by atoms with Crippen molar-refractivity contribution in [2.24, 2.45) is 0 Å². The van der Waals surface area contributed by atoms with E-state index in [1.54, 1.807) is 18.3 Å². The van der Waals surface area contributed by atoms with Gasteiger partial charge in [-0.2, -0.15) is 0 Å². The number of anilines is 1. The number of ether oxygens (including phenoxy) is 3. The van der Waals surface area contributed by atoms with Gasteiger partial charge in [0.1, 0.15) is 42.9 Å². The van der Waals surface area contributed by atoms with Crippen LogP contribution in [0.1, 0.15) is 24.0 Å². The van der Waals surface area contributed by atoms with Crippen LogP contribution in [0.15, 0.2) is 66.5 Å². The average molecular weight is 590 g/mol. The van der Waals surface area contributed by atoms with Crippen molar-refractivity contribution in [2.75, 3.05) is 72.5 Å². The lowest BCUT2D eigenvalue weighted by atomic mass is 10.1. The number of hydrogen-bond acceptors (Lipinski definition) is 9. The molecule has 3 aromatic rings. The van der Waals surface area contributed by atoms with Gasteiger partial charge in [0.15, 0.2) is 0 Å². The van der Waals surface area contributed by atoms with Crippen molar-refractivity contribution >= 4 is 22.8 Å². The van der Waals surface area contributed by atoms with Crippen LogP contribution in [0, 0.1) is 0 Å². The number of likely N-dealkylation sites (N-methyl/N-ethyl adjacent to an activating group) is 1. The van der Waals surface area contributed by atoms with Crippen LogP contribution in [0.3, 0.4) is 0 Å². The summed E-state index contributed by atoms with van der Waals surface area (Å²) in [5, 5.41) is 4.49. The van der Waals surface area contributed by atoms with Gasteiger partial charge in [0.2, 0.25) is 5.91 Å². The standard InChI is InChI=1S/C32H43N7O4/c1-37-12-7-13-38(2)29(40)22-43-28-18-26(36-32-30-25(21-37)19-33-31(30)34-23-35-32)10-11-27(28)42-17-15-39(14-16-41-3)20-24-8-5-4-6-9-24/h4-6,8-11,19,23,28H,7,12-18,20-22H2,1-3H3,(H2,33,34,35,36). The molecule has 0 saturated carbocycles. The fourth-order valence-corrected chi connectivity index (χ4v) is 5.41. The lowest BCUT2D eigenvalue weighted by molar-refractivity contribution is -0.137. The SMILES string of the molecule is COCCN(CCOC1=CC=C2CC1OCC(=O)N(C)CCCN(C)Cc1c[nH]c3ncnc(c13)N2)Cc1ccccc1. The molecule has 0 saturated heterocycles. The molecule has 1 aliphatic heterocycles. The molecular formula is C32H43N7O4. The van der Waals surface area contributed by atoms with E-state index in [-0.39, 0.29) is 12.5 Å². The maximum atomic E-state index is 12.9. The van der Waals surface area contributed by atoms with Gasteiger partial charge in [-0.3, -0.25) is 9.69 Å². The number of allylic oxidation sites excluding steroid dienone is 2. The number of aromatic amines is 1. The largest absolute Gasteiger partial charge is 0.494 e. The quantitative estimate of drug-likeness (QED) is 0.388. The third-order valence-corrected chi connectivity index (χ3v) is 7.85. The minimum Gasteiger partial charge on any atom is -0.494 e. The minimum atomic E-state index is -0.409. The van der Waals surface area contributed by atoms with Crippen LogP contribution in [-0.2, 0) is 32.1 Å². The Bertz CT molecular complexity index is 1410. The highest BCUT2D eigenvalue weighted by Gasteiger charge is 2.25. The number of hydrogen-bond donors (Lipinski definition) is 2. The van der Waals surface area contributed by atoms with Gasteiger partial charge in [-0.1, -0.05) is 30.3 Å². The minimum absolute atomic E-state index is 0.0152. The van der Waals surface area contributed by atoms with Crippen molar-refractivity contribution in [1.82, 2.24) is 29.7 Å². The summed E-state index contributed by atoms with van der Waals surface area (Å²) in [7, 11) is 5.64. The lowest BCUT2D eigenvalue weighted by Crippen LogP contribution is -2.35. The number of benzene rings is 1. The molecule has 3 heterocycles. The smallest absolute Gasteiger partial charge is 0.248 e. The van der Waals surface area contributed by atoms with E-state index in [1.807, 2.05) is 31.5 Å². The number of H-pyrrole nitrogens is 1. The second-order valence-electron chi connectivity index (χ2n) is 11.2. The Hall–Kier alpha value is -3.77. The average Bonchev–Trinajstić information content (AvgIpc) is 3.42. The van der Waals surface area contributed by atoms with Gasteiger partial charge >= 0.3 is 0 Å². The highest BCUT2D eigenvalue weighted by molar-refractivity contribution is 5.91. The van der Waals surface area contributed by atoms with Crippen LogP contribution < -0.4 is 5.32 Å². The Labute approximate surface area is 253 Å². The molecule has 0 spiro atoms. The summed E-state index contributed by atoms with van der Waals surface area (Å²) in [4.78, 5) is 31.6. The topological polar surface area (TPSA) is 108 Å². The van der Waals surface area contributed by atoms with Crippen LogP contribution in [0.2, 0.25) is 0 Å². The molecule has 1 aromatic carbocycles. The Morgan fingerprint density at radius 1 is 1.09 bits per heavy atom. The van der Waals surface area contributed by atoms with Gasteiger partial charge < -0.3 is 34.3 Å². The maximum absolute atomic E-state index is 12.9. The number of aromatic nitrogens is 3. The summed E-state index contributed by atoms with van der Waals surface area (Å²) in [6, 6.07) is 10.4. The summed E-state index contributed by atoms with van der Waals surface area (Å²) < 4.78 is 17.9. The van der Waals surface area contributed by atoms with Crippen LogP contribution >= 0.6 is 0 Å². The molecule has 11 nitrogen and oxygen atoms in total. The number of amides is 1. The molecule has 2 aliphatic rings. The van der Waals surface area contributed by atoms with Crippen molar-refractivity contribution in [2.45, 2.75) is 32.0 Å². The summed E-state index contributed by atoms with van der Waals surface area (Å²) in [5.74, 6) is 1.41. The second kappa shape index (κ2) is 15.1. The summed E-state index contributed by atoms with van der Waals surface area (Å²) >= 11 is 0. The van der Waals surface area contributed by atoms with Crippen LogP contribution in [0.4, 0.5) is 5.82 Å². The molecule has 2 N–H and O–H groups in total. The molecule has 11 heteroatoms. The molecule has 0 fully saturated rings. The number of fused-ring (bicyclic) bond motifs is 2. The van der Waals surface area contributed by atoms with E-state index in [0.29, 0.717) is 31.9 Å². The van der Waals surface area contributed by atoms with E-state index in [9.17, 15) is 4.79 Å². The maximum Gasteiger partial charge on any atom is 0.248 e. The summed E-state index contributed by atoms with van der Waals surface area (Å²) in [5.41, 5.74) is 4.09. The zero-order valence-corrected chi connectivity index (χ0v) is 25.4. The van der Waals surface area contributed by atoms with E-state index in [2.05, 4.69) is 61.4 Å². The Kier molecular flexibility index (Phi) is 10.8. The molecule has 1 aliphatic carbocycles. The normalized spacial score (nSPS) is 18.8. The van der Waals surface area contributed by atoms with Crippen LogP contribution in [0.5, 0.6) is 0 Å². The van der Waals surface area contributed by atoms with Gasteiger partial charge in [-0.25, -0.2) is 9.97 Å². The third kappa shape index (κ3) is 8.41. The predicted molar refractivity (Wildman–Crippen MR) is 166 cm³/mol. The lowest BCUT2D eigenvalue weighted by Gasteiger charge is -2.28. The number of carbonyl (C=O) groups is 1. The Morgan fingerprint density at radius 2 is 1.93 bits per heavy atom. The van der Waals surface area contributed by atoms with Crippen molar-refractivity contribution in [1.29, 1.82) is 0 Å². The zero-order chi connectivity index (χ0) is 30.0. The number of nitrogens with one attached hydrogen (secondary N) is 2. The van der Waals surface area contributed by atoms with E-state index < -0.39 is 6.10 Å². The Morgan fingerprint density at radius 3 is 2.77 bits per heavy atom. The highest BCUT2D eigenvalue weighted by Crippen LogP contribution is 2.29. The van der Waals surface area contributed by atoms with Gasteiger partial charge in [-0.05, 0) is 43.3 Å². The second-order valence-corrected chi connectivity index (χ2v) is 11.2. The first-order valence-corrected chi connectivity index (χ1v) is 14.9. The molecule has 0 radical (unpaired) electrons. The fourth-order valence-electron chi connectivity index (χ4n) is 5.41. The van der Waals surface area contributed by atoms with Gasteiger partial charge in [0, 0.05) is 65.2 Å². The van der Waals surface area contributed by atoms with Gasteiger partial charge in [0.05, 0.1) is 12.0 Å². The van der Waals surface area contributed by atoms with Crippen molar-refractivity contribution in [3.63, 3.8) is 0 Å². The monoisotopic (exact) mass is 589 g/mol. The molecule has 1 unspecified atom stereocenters. The summed E-state index contributed by atoms with van der Waals surface area (Å²) in [6.07, 6.45) is 8.48. The summed E-state index contributed by atoms with van der Waals surface area (Å²) in [6.45, 7) is 5.70. The van der Waals surface area contributed by atoms with Crippen molar-refractivity contribution < 1.29 is 19.0 Å². The highest BCUT2D eigenvalue weighted by atomic mass is 16.5. The van der Waals surface area contributed by atoms with E-state index >= 15 is 0 Å². The van der Waals surface area contributed by atoms with E-state index in [4.69, 9.17) is 14.2 Å². The van der Waals surface area contributed by atoms with Crippen molar-refractivity contribution in [3.05, 3.63) is 77.6 Å². The first-order valence-electron chi connectivity index (χ1n) is 14.9. The molecule has 5 rings (SSSR count). The molecule has 1 atom stereocenters. The molecule has 230 valence electrons. The molecule has 43 heavy (non-hydrogen) atoms. The number of methoxy groups -OCH3 is 1. The van der Waals surface area contributed by atoms with E-state index in [0.717, 1.165) is 67.3 Å². The number of rotatable bonds is 9. The van der Waals surface area contributed by atoms with Crippen LogP contribution in [-0.4, -0.2) is 109 Å². The first kappa shape index (κ1) is 30.7. The van der Waals surface area contributed by atoms with Crippen LogP contribution in [0.25, 0.3) is 11.0 Å². The predicted octanol–water partition coefficient (Wildman–Crippen LogP) is 3.39. The molecule has 2 aromatic heterocycles. The molecule has 1 amide bonds. The van der Waals surface area contributed by atoms with Gasteiger partial charge in [-0.15, -0.1) is 0 Å². The Balaban J connectivity index is 1.33. The molecular weight excluding hydrogens is 546 g/mol. The first-order chi connectivity index (χ1) is 21.0. The van der Waals surface area contributed by atoms with E-state index in [1.165, 1.54) is 5.56 Å².